The van der Waals surface area contributed by atoms with Crippen LogP contribution in [0.3, 0.4) is 0 Å². The Kier molecular flexibility index (Phi) is 3.30. The largest absolute Gasteiger partial charge is 0.437 e. The Morgan fingerprint density at radius 2 is 2.17 bits per heavy atom. The Bertz CT molecular complexity index is 935. The molecule has 1 saturated carbocycles. The number of fused-ring (bicyclic) bond motifs is 1. The van der Waals surface area contributed by atoms with Crippen molar-refractivity contribution in [2.45, 2.75) is 12.8 Å². The molecule has 0 unspecified atom stereocenters. The number of halogens is 1. The van der Waals surface area contributed by atoms with Gasteiger partial charge in [0.05, 0.1) is 11.9 Å². The minimum atomic E-state index is -0.554. The molecule has 0 saturated heterocycles. The third-order valence-electron chi connectivity index (χ3n) is 3.69. The first-order chi connectivity index (χ1) is 11.6. The molecule has 8 heteroatoms. The Balaban J connectivity index is 1.55. The summed E-state index contributed by atoms with van der Waals surface area (Å²) in [5, 5.41) is 7.00. The summed E-state index contributed by atoms with van der Waals surface area (Å²) >= 11 is 0. The number of nitrogens with two attached hydrogens (primary N) is 1. The molecule has 4 rings (SSSR count). The summed E-state index contributed by atoms with van der Waals surface area (Å²) in [7, 11) is 0. The van der Waals surface area contributed by atoms with Gasteiger partial charge in [0.15, 0.2) is 11.5 Å². The van der Waals surface area contributed by atoms with Crippen LogP contribution in [0.4, 0.5) is 15.9 Å². The summed E-state index contributed by atoms with van der Waals surface area (Å²) in [6, 6.07) is 7.48. The maximum absolute atomic E-state index is 13.4. The predicted molar refractivity (Wildman–Crippen MR) is 85.2 cm³/mol. The number of carbonyl (C=O) groups is 1. The summed E-state index contributed by atoms with van der Waals surface area (Å²) in [6.45, 7) is 0. The number of rotatable bonds is 4. The van der Waals surface area contributed by atoms with Crippen molar-refractivity contribution in [3.05, 3.63) is 42.3 Å². The number of nitrogens with zero attached hydrogens (tertiary/aromatic N) is 3. The van der Waals surface area contributed by atoms with E-state index in [4.69, 9.17) is 10.5 Å². The van der Waals surface area contributed by atoms with E-state index < -0.39 is 5.82 Å². The molecule has 122 valence electrons. The second-order valence-electron chi connectivity index (χ2n) is 5.65. The van der Waals surface area contributed by atoms with Crippen molar-refractivity contribution in [1.29, 1.82) is 0 Å². The third kappa shape index (κ3) is 2.85. The van der Waals surface area contributed by atoms with E-state index in [1.54, 1.807) is 24.4 Å². The van der Waals surface area contributed by atoms with Crippen LogP contribution in [-0.2, 0) is 4.79 Å². The number of ether oxygens (including phenoxy) is 1. The number of hydrogen-bond acceptors (Lipinski definition) is 5. The van der Waals surface area contributed by atoms with Gasteiger partial charge < -0.3 is 15.8 Å². The lowest BCUT2D eigenvalue weighted by molar-refractivity contribution is -0.117. The molecule has 1 aliphatic rings. The van der Waals surface area contributed by atoms with Crippen LogP contribution in [-0.4, -0.2) is 20.5 Å². The van der Waals surface area contributed by atoms with Gasteiger partial charge in [-0.05, 0) is 31.0 Å². The Hall–Kier alpha value is -3.16. The first-order valence-corrected chi connectivity index (χ1v) is 7.49. The molecule has 0 radical (unpaired) electrons. The minimum Gasteiger partial charge on any atom is -0.437 e. The van der Waals surface area contributed by atoms with Crippen molar-refractivity contribution in [3.8, 4) is 11.6 Å². The van der Waals surface area contributed by atoms with Gasteiger partial charge in [0.1, 0.15) is 11.6 Å². The van der Waals surface area contributed by atoms with Crippen LogP contribution < -0.4 is 15.8 Å². The molecule has 1 aliphatic carbocycles. The number of anilines is 2. The molecule has 0 bridgehead atoms. The van der Waals surface area contributed by atoms with Crippen LogP contribution in [0.2, 0.25) is 0 Å². The van der Waals surface area contributed by atoms with Crippen LogP contribution in [0.1, 0.15) is 12.8 Å². The van der Waals surface area contributed by atoms with Crippen molar-refractivity contribution in [2.24, 2.45) is 5.92 Å². The number of hydrogen-bond donors (Lipinski definition) is 2. The van der Waals surface area contributed by atoms with E-state index in [1.807, 2.05) is 0 Å². The lowest BCUT2D eigenvalue weighted by atomic mass is 10.3. The van der Waals surface area contributed by atoms with Gasteiger partial charge in [0.25, 0.3) is 0 Å². The molecule has 1 fully saturated rings. The molecule has 3 N–H and O–H groups in total. The summed E-state index contributed by atoms with van der Waals surface area (Å²) in [4.78, 5) is 16.0. The molecule has 3 aromatic rings. The van der Waals surface area contributed by atoms with Crippen LogP contribution in [0.25, 0.3) is 5.65 Å². The van der Waals surface area contributed by atoms with Crippen molar-refractivity contribution in [3.63, 3.8) is 0 Å². The Labute approximate surface area is 136 Å². The number of amides is 1. The monoisotopic (exact) mass is 327 g/mol. The highest BCUT2D eigenvalue weighted by atomic mass is 19.1. The highest BCUT2D eigenvalue weighted by Crippen LogP contribution is 2.30. The van der Waals surface area contributed by atoms with Crippen molar-refractivity contribution in [2.75, 3.05) is 11.1 Å². The van der Waals surface area contributed by atoms with Crippen LogP contribution in [0.15, 0.2) is 36.5 Å². The average Bonchev–Trinajstić information content (AvgIpc) is 3.32. The highest BCUT2D eigenvalue weighted by Gasteiger charge is 2.30. The standard InChI is InChI=1S/C16H14FN5O2/c17-11-7-10(3-4-12(11)18)24-15-6-5-14-19-13(8-22(14)21-15)20-16(23)9-1-2-9/h3-9H,1-2,18H2,(H,20,23). The van der Waals surface area contributed by atoms with Crippen LogP contribution in [0, 0.1) is 11.7 Å². The number of benzene rings is 1. The van der Waals surface area contributed by atoms with Gasteiger partial charge in [-0.3, -0.25) is 4.79 Å². The number of nitrogen functional groups attached to an aromatic ring is 1. The fraction of sp³-hybridized carbons (Fsp3) is 0.188. The molecular formula is C16H14FN5O2. The van der Waals surface area contributed by atoms with Crippen molar-refractivity contribution in [1.82, 2.24) is 14.6 Å². The number of aromatic nitrogens is 3. The van der Waals surface area contributed by atoms with E-state index in [-0.39, 0.29) is 29.1 Å². The smallest absolute Gasteiger partial charge is 0.237 e. The molecule has 7 nitrogen and oxygen atoms in total. The van der Waals surface area contributed by atoms with Gasteiger partial charge in [-0.15, -0.1) is 5.10 Å². The predicted octanol–water partition coefficient (Wildman–Crippen LogP) is 2.59. The molecule has 2 aromatic heterocycles. The van der Waals surface area contributed by atoms with E-state index in [9.17, 15) is 9.18 Å². The zero-order chi connectivity index (χ0) is 16.7. The third-order valence-corrected chi connectivity index (χ3v) is 3.69. The zero-order valence-electron chi connectivity index (χ0n) is 12.6. The molecule has 0 atom stereocenters. The second-order valence-corrected chi connectivity index (χ2v) is 5.65. The Morgan fingerprint density at radius 1 is 1.33 bits per heavy atom. The Morgan fingerprint density at radius 3 is 2.92 bits per heavy atom. The average molecular weight is 327 g/mol. The molecule has 1 amide bonds. The lowest BCUT2D eigenvalue weighted by Crippen LogP contribution is -2.13. The second kappa shape index (κ2) is 5.48. The topological polar surface area (TPSA) is 94.5 Å². The normalized spacial score (nSPS) is 13.9. The van der Waals surface area contributed by atoms with Crippen molar-refractivity contribution < 1.29 is 13.9 Å². The lowest BCUT2D eigenvalue weighted by Gasteiger charge is -2.05. The summed E-state index contributed by atoms with van der Waals surface area (Å²) < 4.78 is 20.5. The SMILES string of the molecule is Nc1ccc(Oc2ccc3nc(NC(=O)C4CC4)cn3n2)cc1F. The van der Waals surface area contributed by atoms with Gasteiger partial charge in [0, 0.05) is 18.1 Å². The quantitative estimate of drug-likeness (QED) is 0.718. The van der Waals surface area contributed by atoms with E-state index in [1.165, 1.54) is 16.6 Å². The molecule has 0 aliphatic heterocycles. The maximum atomic E-state index is 13.4. The van der Waals surface area contributed by atoms with Crippen LogP contribution >= 0.6 is 0 Å². The van der Waals surface area contributed by atoms with Gasteiger partial charge in [-0.1, -0.05) is 0 Å². The molecule has 2 heterocycles. The number of nitrogens with one attached hydrogen (secondary N) is 1. The fourth-order valence-corrected chi connectivity index (χ4v) is 2.25. The van der Waals surface area contributed by atoms with E-state index in [0.29, 0.717) is 11.5 Å². The van der Waals surface area contributed by atoms with Crippen molar-refractivity contribution >= 4 is 23.1 Å². The van der Waals surface area contributed by atoms with Crippen LogP contribution in [0.5, 0.6) is 11.6 Å². The summed E-state index contributed by atoms with van der Waals surface area (Å²) in [5.41, 5.74) is 6.05. The van der Waals surface area contributed by atoms with E-state index >= 15 is 0 Å². The maximum Gasteiger partial charge on any atom is 0.237 e. The minimum absolute atomic E-state index is 0.0211. The molecule has 0 spiro atoms. The highest BCUT2D eigenvalue weighted by molar-refractivity contribution is 5.93. The first-order valence-electron chi connectivity index (χ1n) is 7.49. The zero-order valence-corrected chi connectivity index (χ0v) is 12.6. The van der Waals surface area contributed by atoms with Gasteiger partial charge >= 0.3 is 0 Å². The molecular weight excluding hydrogens is 313 g/mol. The fourth-order valence-electron chi connectivity index (χ4n) is 2.25. The summed E-state index contributed by atoms with van der Waals surface area (Å²) in [5.74, 6) is 0.519. The number of carbonyl (C=O) groups excluding carboxylic acids is 1. The summed E-state index contributed by atoms with van der Waals surface area (Å²) in [6.07, 6.45) is 3.45. The number of imidazole rings is 1. The van der Waals surface area contributed by atoms with Gasteiger partial charge in [0.2, 0.25) is 11.8 Å². The molecule has 24 heavy (non-hydrogen) atoms. The van der Waals surface area contributed by atoms with E-state index in [2.05, 4.69) is 15.4 Å². The van der Waals surface area contributed by atoms with E-state index in [0.717, 1.165) is 12.8 Å². The molecule has 1 aromatic carbocycles. The van der Waals surface area contributed by atoms with Gasteiger partial charge in [-0.2, -0.15) is 0 Å². The first kappa shape index (κ1) is 14.4. The van der Waals surface area contributed by atoms with Gasteiger partial charge in [-0.25, -0.2) is 13.9 Å².